The molecule has 2 heteroatoms. The monoisotopic (exact) mass is 531 g/mol. The Kier molecular flexibility index (Phi) is 7.04. The molecule has 0 saturated heterocycles. The Hall–Kier alpha value is -1.31. The van der Waals surface area contributed by atoms with Gasteiger partial charge in [-0.05, 0) is 176 Å². The first-order valence-electron chi connectivity index (χ1n) is 15.8. The summed E-state index contributed by atoms with van der Waals surface area (Å²) >= 11 is 6.80. The van der Waals surface area contributed by atoms with Crippen LogP contribution in [0.2, 0.25) is 5.02 Å². The zero-order valence-electron chi connectivity index (χ0n) is 25.1. The first-order chi connectivity index (χ1) is 18.1. The fourth-order valence-electron chi connectivity index (χ4n) is 8.56. The summed E-state index contributed by atoms with van der Waals surface area (Å²) in [5, 5.41) is 1.05. The summed E-state index contributed by atoms with van der Waals surface area (Å²) in [7, 11) is 2.37. The summed E-state index contributed by atoms with van der Waals surface area (Å²) in [6.45, 7) is 14.7. The fourth-order valence-corrected chi connectivity index (χ4v) is 8.88. The van der Waals surface area contributed by atoms with Crippen LogP contribution in [0.4, 0.5) is 0 Å². The Balaban J connectivity index is 1.19. The molecule has 0 N–H and O–H groups in total. The number of benzene rings is 2. The highest BCUT2D eigenvalue weighted by Crippen LogP contribution is 2.50. The average molecular weight is 532 g/mol. The van der Waals surface area contributed by atoms with Crippen molar-refractivity contribution in [3.63, 3.8) is 0 Å². The Morgan fingerprint density at radius 3 is 1.82 bits per heavy atom. The van der Waals surface area contributed by atoms with E-state index in [1.54, 1.807) is 50.1 Å². The van der Waals surface area contributed by atoms with Crippen LogP contribution < -0.4 is 0 Å². The van der Waals surface area contributed by atoms with E-state index in [9.17, 15) is 0 Å². The minimum atomic E-state index is 0.196. The van der Waals surface area contributed by atoms with Crippen molar-refractivity contribution >= 4 is 11.6 Å². The largest absolute Gasteiger partial charge is 0.306 e. The standard InChI is InChI=1S/C36H50ClN/c1-35(2,3)33-28-13-7-10-24(28)26(25-11-8-14-29(25)33)18-20-38(6)21-19-36(4,5)34-30-15-9-12-27(30)32(37)22-31(34)23-16-17-23/h22-23H,7-21H2,1-6H3. The third-order valence-electron chi connectivity index (χ3n) is 10.5. The summed E-state index contributed by atoms with van der Waals surface area (Å²) in [5.41, 5.74) is 17.3. The summed E-state index contributed by atoms with van der Waals surface area (Å²) in [4.78, 5) is 2.63. The van der Waals surface area contributed by atoms with Crippen molar-refractivity contribution in [2.24, 2.45) is 0 Å². The second kappa shape index (κ2) is 9.95. The molecule has 4 aliphatic carbocycles. The molecule has 0 bridgehead atoms. The highest BCUT2D eigenvalue weighted by atomic mass is 35.5. The average Bonchev–Trinajstić information content (AvgIpc) is 3.22. The van der Waals surface area contributed by atoms with Gasteiger partial charge in [0.25, 0.3) is 0 Å². The second-order valence-electron chi connectivity index (χ2n) is 14.8. The molecule has 4 aliphatic rings. The zero-order valence-corrected chi connectivity index (χ0v) is 25.8. The second-order valence-corrected chi connectivity index (χ2v) is 15.2. The van der Waals surface area contributed by atoms with Gasteiger partial charge in [0, 0.05) is 11.6 Å². The van der Waals surface area contributed by atoms with E-state index in [0.29, 0.717) is 0 Å². The molecule has 0 amide bonds. The molecule has 1 fully saturated rings. The minimum Gasteiger partial charge on any atom is -0.306 e. The Bertz CT molecular complexity index is 1200. The quantitative estimate of drug-likeness (QED) is 0.329. The summed E-state index contributed by atoms with van der Waals surface area (Å²) in [6.07, 6.45) is 16.8. The van der Waals surface area contributed by atoms with Crippen molar-refractivity contribution in [1.29, 1.82) is 0 Å². The number of rotatable bonds is 8. The number of hydrogen-bond acceptors (Lipinski definition) is 1. The molecule has 0 radical (unpaired) electrons. The molecule has 0 aromatic heterocycles. The maximum Gasteiger partial charge on any atom is 0.0443 e. The van der Waals surface area contributed by atoms with Crippen molar-refractivity contribution in [1.82, 2.24) is 4.90 Å². The third kappa shape index (κ3) is 4.79. The molecular weight excluding hydrogens is 482 g/mol. The smallest absolute Gasteiger partial charge is 0.0443 e. The van der Waals surface area contributed by atoms with Gasteiger partial charge in [0.1, 0.15) is 0 Å². The van der Waals surface area contributed by atoms with Crippen molar-refractivity contribution < 1.29 is 0 Å². The molecule has 0 spiro atoms. The molecule has 0 aliphatic heterocycles. The first kappa shape index (κ1) is 26.9. The topological polar surface area (TPSA) is 3.24 Å². The van der Waals surface area contributed by atoms with E-state index >= 15 is 0 Å². The molecule has 206 valence electrons. The molecule has 2 aromatic carbocycles. The fraction of sp³-hybridized carbons (Fsp3) is 0.667. The molecule has 2 aromatic rings. The van der Waals surface area contributed by atoms with E-state index in [0.717, 1.165) is 10.9 Å². The van der Waals surface area contributed by atoms with Crippen LogP contribution in [-0.4, -0.2) is 25.0 Å². The van der Waals surface area contributed by atoms with Crippen LogP contribution in [0.15, 0.2) is 6.07 Å². The maximum atomic E-state index is 6.80. The number of fused-ring (bicyclic) bond motifs is 3. The summed E-state index contributed by atoms with van der Waals surface area (Å²) in [5.74, 6) is 0.755. The number of halogens is 1. The normalized spacial score (nSPS) is 18.8. The highest BCUT2D eigenvalue weighted by Gasteiger charge is 2.37. The van der Waals surface area contributed by atoms with Gasteiger partial charge in [-0.15, -0.1) is 0 Å². The lowest BCUT2D eigenvalue weighted by Gasteiger charge is -2.33. The zero-order chi connectivity index (χ0) is 26.8. The van der Waals surface area contributed by atoms with Crippen molar-refractivity contribution in [3.05, 3.63) is 66.7 Å². The van der Waals surface area contributed by atoms with E-state index in [2.05, 4.69) is 52.6 Å². The Morgan fingerprint density at radius 2 is 1.26 bits per heavy atom. The Morgan fingerprint density at radius 1 is 0.737 bits per heavy atom. The predicted octanol–water partition coefficient (Wildman–Crippen LogP) is 8.82. The van der Waals surface area contributed by atoms with Gasteiger partial charge in [-0.1, -0.05) is 46.2 Å². The van der Waals surface area contributed by atoms with Crippen LogP contribution in [0, 0.1) is 0 Å². The molecule has 1 saturated carbocycles. The van der Waals surface area contributed by atoms with Crippen molar-refractivity contribution in [2.45, 2.75) is 135 Å². The lowest BCUT2D eigenvalue weighted by molar-refractivity contribution is 0.296. The van der Waals surface area contributed by atoms with Crippen LogP contribution in [0.25, 0.3) is 0 Å². The predicted molar refractivity (Wildman–Crippen MR) is 163 cm³/mol. The molecule has 6 rings (SSSR count). The third-order valence-corrected chi connectivity index (χ3v) is 10.8. The van der Waals surface area contributed by atoms with Crippen LogP contribution >= 0.6 is 11.6 Å². The molecule has 0 atom stereocenters. The van der Waals surface area contributed by atoms with Gasteiger partial charge in [0.15, 0.2) is 0 Å². The van der Waals surface area contributed by atoms with E-state index in [1.165, 1.54) is 102 Å². The Labute approximate surface area is 237 Å². The number of likely N-dealkylation sites (N-methyl/N-ethyl adjacent to an activating group) is 1. The minimum absolute atomic E-state index is 0.196. The van der Waals surface area contributed by atoms with Gasteiger partial charge >= 0.3 is 0 Å². The molecule has 0 unspecified atom stereocenters. The molecule has 38 heavy (non-hydrogen) atoms. The van der Waals surface area contributed by atoms with Gasteiger partial charge in [-0.2, -0.15) is 0 Å². The lowest BCUT2D eigenvalue weighted by atomic mass is 9.74. The van der Waals surface area contributed by atoms with Gasteiger partial charge in [-0.3, -0.25) is 0 Å². The number of nitrogens with zero attached hydrogens (tertiary/aromatic N) is 1. The van der Waals surface area contributed by atoms with Crippen LogP contribution in [0.5, 0.6) is 0 Å². The van der Waals surface area contributed by atoms with Crippen LogP contribution in [0.3, 0.4) is 0 Å². The van der Waals surface area contributed by atoms with Crippen LogP contribution in [0.1, 0.15) is 135 Å². The van der Waals surface area contributed by atoms with Gasteiger partial charge in [-0.25, -0.2) is 0 Å². The van der Waals surface area contributed by atoms with E-state index in [4.69, 9.17) is 11.6 Å². The lowest BCUT2D eigenvalue weighted by Crippen LogP contribution is -2.30. The van der Waals surface area contributed by atoms with Crippen molar-refractivity contribution in [3.8, 4) is 0 Å². The van der Waals surface area contributed by atoms with Gasteiger partial charge < -0.3 is 4.90 Å². The van der Waals surface area contributed by atoms with E-state index < -0.39 is 0 Å². The molecule has 1 nitrogen and oxygen atoms in total. The van der Waals surface area contributed by atoms with E-state index in [1.807, 2.05) is 0 Å². The van der Waals surface area contributed by atoms with Crippen LogP contribution in [-0.2, 0) is 55.8 Å². The van der Waals surface area contributed by atoms with Crippen molar-refractivity contribution in [2.75, 3.05) is 20.1 Å². The number of hydrogen-bond donors (Lipinski definition) is 0. The SMILES string of the molecule is CN(CCc1c2c(c(C(C)(C)C)c3c1CCC3)CCC2)CCC(C)(C)c1c(C2CC2)cc(Cl)c2c1CCC2. The van der Waals surface area contributed by atoms with E-state index in [-0.39, 0.29) is 10.8 Å². The highest BCUT2D eigenvalue weighted by molar-refractivity contribution is 6.31. The molecular formula is C36H50ClN. The van der Waals surface area contributed by atoms with Gasteiger partial charge in [0.05, 0.1) is 0 Å². The van der Waals surface area contributed by atoms with Gasteiger partial charge in [0.2, 0.25) is 0 Å². The molecule has 0 heterocycles. The maximum absolute atomic E-state index is 6.80. The summed E-state index contributed by atoms with van der Waals surface area (Å²) < 4.78 is 0. The first-order valence-corrected chi connectivity index (χ1v) is 16.2. The summed E-state index contributed by atoms with van der Waals surface area (Å²) in [6, 6.07) is 2.37.